The van der Waals surface area contributed by atoms with Crippen LogP contribution in [0.25, 0.3) is 10.8 Å². The smallest absolute Gasteiger partial charge is 0.335 e. The molecule has 0 radical (unpaired) electrons. The van der Waals surface area contributed by atoms with Crippen LogP contribution in [0.1, 0.15) is 45.9 Å². The predicted octanol–water partition coefficient (Wildman–Crippen LogP) is 6.95. The zero-order chi connectivity index (χ0) is 24.2. The van der Waals surface area contributed by atoms with Crippen molar-refractivity contribution >= 4 is 41.6 Å². The molecule has 4 nitrogen and oxygen atoms in total. The molecule has 0 aliphatic carbocycles. The van der Waals surface area contributed by atoms with E-state index in [9.17, 15) is 9.90 Å². The Labute approximate surface area is 231 Å². The third-order valence-electron chi connectivity index (χ3n) is 7.30. The van der Waals surface area contributed by atoms with Gasteiger partial charge in [0.2, 0.25) is 0 Å². The summed E-state index contributed by atoms with van der Waals surface area (Å²) >= 11 is 0. The summed E-state index contributed by atoms with van der Waals surface area (Å²) in [6.07, 6.45) is 0. The van der Waals surface area contributed by atoms with Crippen LogP contribution in [0.5, 0.6) is 0 Å². The minimum Gasteiger partial charge on any atom is -0.478 e. The molecule has 0 amide bonds. The molecule has 1 aliphatic heterocycles. The Kier molecular flexibility index (Phi) is 10.1. The van der Waals surface area contributed by atoms with Gasteiger partial charge in [0.1, 0.15) is 0 Å². The molecule has 0 unspecified atom stereocenters. The number of halogens is 2. The second-order valence-electron chi connectivity index (χ2n) is 9.68. The van der Waals surface area contributed by atoms with Gasteiger partial charge in [-0.15, -0.1) is 24.8 Å². The van der Waals surface area contributed by atoms with Crippen molar-refractivity contribution < 1.29 is 9.90 Å². The molecule has 2 N–H and O–H groups in total. The molecule has 1 heterocycles. The van der Waals surface area contributed by atoms with E-state index >= 15 is 0 Å². The van der Waals surface area contributed by atoms with Crippen molar-refractivity contribution in [1.82, 2.24) is 10.2 Å². The lowest BCUT2D eigenvalue weighted by Gasteiger charge is -2.23. The molecule has 194 valence electrons. The van der Waals surface area contributed by atoms with Crippen molar-refractivity contribution in [3.05, 3.63) is 119 Å². The number of hydrogen-bond donors (Lipinski definition) is 2. The fraction of sp³-hybridized carbons (Fsp3) is 0.258. The fourth-order valence-electron chi connectivity index (χ4n) is 5.48. The summed E-state index contributed by atoms with van der Waals surface area (Å²) < 4.78 is 0. The first-order valence-electron chi connectivity index (χ1n) is 12.4. The van der Waals surface area contributed by atoms with Crippen LogP contribution in [0.15, 0.2) is 97.1 Å². The number of nitrogens with zero attached hydrogens (tertiary/aromatic N) is 1. The predicted molar refractivity (Wildman–Crippen MR) is 156 cm³/mol. The van der Waals surface area contributed by atoms with Crippen LogP contribution < -0.4 is 5.32 Å². The standard InChI is InChI=1S/C31H32N2O2.2ClH/c1-22(28-16-8-12-24-11-5-6-15-29(24)28)32-18-27-20-33(19-23-9-3-2-4-10-23)21-30(27)25-13-7-14-26(17-25)31(34)35;;/h2-17,22,27,30,32H,18-21H2,1H3,(H,34,35);2*1H/t22-,27+,30-;;/m1../s1. The van der Waals surface area contributed by atoms with Crippen LogP contribution >= 0.6 is 24.8 Å². The molecule has 5 rings (SSSR count). The second-order valence-corrected chi connectivity index (χ2v) is 9.68. The highest BCUT2D eigenvalue weighted by Gasteiger charge is 2.34. The third kappa shape index (κ3) is 6.71. The third-order valence-corrected chi connectivity index (χ3v) is 7.30. The van der Waals surface area contributed by atoms with Gasteiger partial charge < -0.3 is 10.4 Å². The molecule has 0 spiro atoms. The van der Waals surface area contributed by atoms with Crippen molar-refractivity contribution in [3.8, 4) is 0 Å². The van der Waals surface area contributed by atoms with Gasteiger partial charge in [0, 0.05) is 38.1 Å². The van der Waals surface area contributed by atoms with Crippen LogP contribution in [-0.4, -0.2) is 35.6 Å². The van der Waals surface area contributed by atoms with Gasteiger partial charge in [0.05, 0.1) is 5.56 Å². The van der Waals surface area contributed by atoms with E-state index in [0.717, 1.165) is 31.7 Å². The van der Waals surface area contributed by atoms with Crippen molar-refractivity contribution in [2.45, 2.75) is 25.4 Å². The highest BCUT2D eigenvalue weighted by atomic mass is 35.5. The molecule has 0 bridgehead atoms. The number of fused-ring (bicyclic) bond motifs is 1. The lowest BCUT2D eigenvalue weighted by atomic mass is 9.87. The Morgan fingerprint density at radius 1 is 0.919 bits per heavy atom. The highest BCUT2D eigenvalue weighted by Crippen LogP contribution is 2.34. The maximum absolute atomic E-state index is 11.6. The maximum atomic E-state index is 11.6. The molecule has 1 saturated heterocycles. The molecule has 0 aromatic heterocycles. The summed E-state index contributed by atoms with van der Waals surface area (Å²) in [5, 5.41) is 15.9. The van der Waals surface area contributed by atoms with E-state index in [-0.39, 0.29) is 36.8 Å². The Hall–Kier alpha value is -2.89. The summed E-state index contributed by atoms with van der Waals surface area (Å²) in [5.74, 6) is -0.198. The summed E-state index contributed by atoms with van der Waals surface area (Å²) in [6.45, 7) is 5.92. The molecule has 1 fully saturated rings. The lowest BCUT2D eigenvalue weighted by Crippen LogP contribution is -2.30. The van der Waals surface area contributed by atoms with Gasteiger partial charge in [-0.1, -0.05) is 84.9 Å². The zero-order valence-corrected chi connectivity index (χ0v) is 22.6. The van der Waals surface area contributed by atoms with Crippen LogP contribution in [0.3, 0.4) is 0 Å². The van der Waals surface area contributed by atoms with E-state index in [4.69, 9.17) is 0 Å². The van der Waals surface area contributed by atoms with Gasteiger partial charge in [-0.25, -0.2) is 4.79 Å². The summed E-state index contributed by atoms with van der Waals surface area (Å²) in [7, 11) is 0. The van der Waals surface area contributed by atoms with E-state index < -0.39 is 5.97 Å². The Balaban J connectivity index is 0.00000190. The number of aromatic carboxylic acids is 1. The van der Waals surface area contributed by atoms with Gasteiger partial charge in [0.25, 0.3) is 0 Å². The van der Waals surface area contributed by atoms with Gasteiger partial charge in [-0.05, 0) is 52.4 Å². The largest absolute Gasteiger partial charge is 0.478 e. The van der Waals surface area contributed by atoms with E-state index in [1.165, 1.54) is 21.9 Å². The lowest BCUT2D eigenvalue weighted by molar-refractivity contribution is 0.0696. The number of carbonyl (C=O) groups is 1. The topological polar surface area (TPSA) is 52.6 Å². The Morgan fingerprint density at radius 2 is 1.62 bits per heavy atom. The normalized spacial score (nSPS) is 18.1. The SMILES string of the molecule is C[C@@H](NC[C@H]1CN(Cc2ccccc2)C[C@@H]1c1cccc(C(=O)O)c1)c1cccc2ccccc12.Cl.Cl. The van der Waals surface area contributed by atoms with Crippen molar-refractivity contribution in [1.29, 1.82) is 0 Å². The molecule has 37 heavy (non-hydrogen) atoms. The summed E-state index contributed by atoms with van der Waals surface area (Å²) in [4.78, 5) is 14.1. The van der Waals surface area contributed by atoms with Crippen LogP contribution in [0.4, 0.5) is 0 Å². The van der Waals surface area contributed by atoms with Crippen LogP contribution in [0.2, 0.25) is 0 Å². The molecular weight excluding hydrogens is 503 g/mol. The maximum Gasteiger partial charge on any atom is 0.335 e. The number of nitrogens with one attached hydrogen (secondary N) is 1. The number of carboxylic acids is 1. The van der Waals surface area contributed by atoms with Gasteiger partial charge in [-0.2, -0.15) is 0 Å². The van der Waals surface area contributed by atoms with Crippen LogP contribution in [-0.2, 0) is 6.54 Å². The minimum atomic E-state index is -0.870. The first kappa shape index (κ1) is 28.7. The second kappa shape index (κ2) is 13.1. The Morgan fingerprint density at radius 3 is 2.41 bits per heavy atom. The molecule has 0 saturated carbocycles. The molecule has 6 heteroatoms. The van der Waals surface area contributed by atoms with Gasteiger partial charge >= 0.3 is 5.97 Å². The van der Waals surface area contributed by atoms with Crippen LogP contribution in [0, 0.1) is 5.92 Å². The fourth-order valence-corrected chi connectivity index (χ4v) is 5.48. The van der Waals surface area contributed by atoms with Crippen molar-refractivity contribution in [3.63, 3.8) is 0 Å². The van der Waals surface area contributed by atoms with Gasteiger partial charge in [-0.3, -0.25) is 4.90 Å². The first-order chi connectivity index (χ1) is 17.1. The van der Waals surface area contributed by atoms with E-state index in [1.807, 2.05) is 12.1 Å². The zero-order valence-electron chi connectivity index (χ0n) is 20.9. The highest BCUT2D eigenvalue weighted by molar-refractivity contribution is 5.88. The molecule has 1 aliphatic rings. The monoisotopic (exact) mass is 536 g/mol. The first-order valence-corrected chi connectivity index (χ1v) is 12.4. The number of likely N-dealkylation sites (tertiary alicyclic amines) is 1. The number of rotatable bonds is 8. The number of carboxylic acid groups (broad SMARTS) is 1. The summed E-state index contributed by atoms with van der Waals surface area (Å²) in [6, 6.07) is 33.3. The van der Waals surface area contributed by atoms with Crippen molar-refractivity contribution in [2.75, 3.05) is 19.6 Å². The minimum absolute atomic E-state index is 0. The average Bonchev–Trinajstić information content (AvgIpc) is 3.30. The Bertz CT molecular complexity index is 1310. The number of hydrogen-bond acceptors (Lipinski definition) is 3. The molecular formula is C31H34Cl2N2O2. The number of benzene rings is 4. The summed E-state index contributed by atoms with van der Waals surface area (Å²) in [5.41, 5.74) is 4.10. The van der Waals surface area contributed by atoms with E-state index in [0.29, 0.717) is 11.5 Å². The quantitative estimate of drug-likeness (QED) is 0.256. The van der Waals surface area contributed by atoms with E-state index in [2.05, 4.69) is 96.0 Å². The van der Waals surface area contributed by atoms with E-state index in [1.54, 1.807) is 6.07 Å². The molecule has 4 aromatic carbocycles. The molecule has 3 atom stereocenters. The molecule has 4 aromatic rings. The van der Waals surface area contributed by atoms with Crippen molar-refractivity contribution in [2.24, 2.45) is 5.92 Å². The van der Waals surface area contributed by atoms with Gasteiger partial charge in [0.15, 0.2) is 0 Å². The average molecular weight is 538 g/mol.